The molecular formula is C20H17F2N3O. The molecule has 0 atom stereocenters. The number of carbonyl (C=O) groups is 1. The average Bonchev–Trinajstić information content (AvgIpc) is 3.06. The average molecular weight is 353 g/mol. The van der Waals surface area contributed by atoms with Gasteiger partial charge in [-0.25, -0.2) is 8.78 Å². The van der Waals surface area contributed by atoms with Gasteiger partial charge in [-0.05, 0) is 41.5 Å². The zero-order chi connectivity index (χ0) is 18.7. The molecule has 0 saturated heterocycles. The summed E-state index contributed by atoms with van der Waals surface area (Å²) in [6.07, 6.45) is 3.00. The minimum atomic E-state index is -0.635. The molecule has 1 amide bonds. The fourth-order valence-electron chi connectivity index (χ4n) is 2.67. The molecule has 0 unspecified atom stereocenters. The van der Waals surface area contributed by atoms with Gasteiger partial charge in [0.25, 0.3) is 0 Å². The van der Waals surface area contributed by atoms with E-state index in [0.29, 0.717) is 16.8 Å². The van der Waals surface area contributed by atoms with Crippen LogP contribution in [-0.2, 0) is 18.4 Å². The number of nitrogens with zero attached hydrogens (tertiary/aromatic N) is 2. The van der Waals surface area contributed by atoms with Gasteiger partial charge in [-0.1, -0.05) is 18.7 Å². The Morgan fingerprint density at radius 3 is 2.65 bits per heavy atom. The number of aromatic nitrogens is 2. The van der Waals surface area contributed by atoms with E-state index in [-0.39, 0.29) is 12.5 Å². The highest BCUT2D eigenvalue weighted by atomic mass is 19.1. The lowest BCUT2D eigenvalue weighted by molar-refractivity contribution is -0.116. The Balaban J connectivity index is 2.06. The predicted molar refractivity (Wildman–Crippen MR) is 96.0 cm³/mol. The molecule has 3 rings (SSSR count). The first-order valence-electron chi connectivity index (χ1n) is 7.96. The van der Waals surface area contributed by atoms with E-state index >= 15 is 0 Å². The molecule has 26 heavy (non-hydrogen) atoms. The Kier molecular flexibility index (Phi) is 4.93. The third-order valence-electron chi connectivity index (χ3n) is 3.98. The van der Waals surface area contributed by atoms with Crippen LogP contribution in [0.1, 0.15) is 5.56 Å². The zero-order valence-corrected chi connectivity index (χ0v) is 14.2. The Morgan fingerprint density at radius 1 is 1.19 bits per heavy atom. The molecule has 0 aliphatic rings. The fraction of sp³-hybridized carbons (Fsp3) is 0.100. The van der Waals surface area contributed by atoms with Crippen LogP contribution in [0.15, 0.2) is 61.3 Å². The van der Waals surface area contributed by atoms with E-state index in [0.717, 1.165) is 17.2 Å². The molecule has 0 aliphatic heterocycles. The van der Waals surface area contributed by atoms with Crippen LogP contribution in [-0.4, -0.2) is 15.7 Å². The molecule has 0 fully saturated rings. The van der Waals surface area contributed by atoms with Crippen LogP contribution in [0.4, 0.5) is 8.78 Å². The molecule has 0 saturated carbocycles. The lowest BCUT2D eigenvalue weighted by Crippen LogP contribution is -2.20. The van der Waals surface area contributed by atoms with Crippen LogP contribution in [0.5, 0.6) is 0 Å². The topological polar surface area (TPSA) is 46.9 Å². The summed E-state index contributed by atoms with van der Waals surface area (Å²) in [6.45, 7) is 3.71. The molecule has 132 valence electrons. The standard InChI is InChI=1S/C20H17F2N3O/c1-3-20(26)23-12-14-5-4-13(16-7-6-15(21)11-18(16)22)10-17(14)19-8-9-25(2)24-19/h3-11H,1,12H2,2H3,(H,23,26). The maximum absolute atomic E-state index is 14.1. The van der Waals surface area contributed by atoms with Gasteiger partial charge in [0, 0.05) is 37.0 Å². The molecule has 0 aliphatic carbocycles. The first-order valence-corrected chi connectivity index (χ1v) is 7.96. The maximum atomic E-state index is 14.1. The molecule has 6 heteroatoms. The van der Waals surface area contributed by atoms with Gasteiger partial charge in [-0.3, -0.25) is 9.48 Å². The molecule has 0 radical (unpaired) electrons. The number of carbonyl (C=O) groups excluding carboxylic acids is 1. The summed E-state index contributed by atoms with van der Waals surface area (Å²) >= 11 is 0. The van der Waals surface area contributed by atoms with Crippen molar-refractivity contribution >= 4 is 5.91 Å². The monoisotopic (exact) mass is 353 g/mol. The van der Waals surface area contributed by atoms with Crippen LogP contribution in [0.2, 0.25) is 0 Å². The van der Waals surface area contributed by atoms with Gasteiger partial charge in [-0.15, -0.1) is 0 Å². The molecule has 1 aromatic heterocycles. The summed E-state index contributed by atoms with van der Waals surface area (Å²) in [7, 11) is 1.80. The van der Waals surface area contributed by atoms with Crippen LogP contribution in [0, 0.1) is 11.6 Å². The van der Waals surface area contributed by atoms with Crippen molar-refractivity contribution in [2.45, 2.75) is 6.54 Å². The smallest absolute Gasteiger partial charge is 0.243 e. The highest BCUT2D eigenvalue weighted by molar-refractivity contribution is 5.87. The van der Waals surface area contributed by atoms with Crippen molar-refractivity contribution in [3.05, 3.63) is 78.5 Å². The third-order valence-corrected chi connectivity index (χ3v) is 3.98. The van der Waals surface area contributed by atoms with Crippen LogP contribution < -0.4 is 5.32 Å². The van der Waals surface area contributed by atoms with E-state index in [1.54, 1.807) is 36.1 Å². The second kappa shape index (κ2) is 7.31. The van der Waals surface area contributed by atoms with Crippen molar-refractivity contribution in [1.29, 1.82) is 0 Å². The van der Waals surface area contributed by atoms with Gasteiger partial charge in [0.15, 0.2) is 0 Å². The highest BCUT2D eigenvalue weighted by Crippen LogP contribution is 2.30. The number of halogens is 2. The Morgan fingerprint density at radius 2 is 2.00 bits per heavy atom. The summed E-state index contributed by atoms with van der Waals surface area (Å²) in [4.78, 5) is 11.5. The first kappa shape index (κ1) is 17.5. The van der Waals surface area contributed by atoms with Crippen molar-refractivity contribution in [2.24, 2.45) is 7.05 Å². The number of amides is 1. The van der Waals surface area contributed by atoms with E-state index < -0.39 is 11.6 Å². The van der Waals surface area contributed by atoms with Gasteiger partial charge < -0.3 is 5.32 Å². The van der Waals surface area contributed by atoms with E-state index in [9.17, 15) is 13.6 Å². The zero-order valence-electron chi connectivity index (χ0n) is 14.2. The minimum absolute atomic E-state index is 0.281. The van der Waals surface area contributed by atoms with E-state index in [1.165, 1.54) is 18.2 Å². The van der Waals surface area contributed by atoms with Gasteiger partial charge in [0.2, 0.25) is 5.91 Å². The normalized spacial score (nSPS) is 10.6. The summed E-state index contributed by atoms with van der Waals surface area (Å²) in [5.74, 6) is -1.55. The molecule has 2 aromatic carbocycles. The SMILES string of the molecule is C=CC(=O)NCc1ccc(-c2ccc(F)cc2F)cc1-c1ccn(C)n1. The molecule has 3 aromatic rings. The fourth-order valence-corrected chi connectivity index (χ4v) is 2.67. The Bertz CT molecular complexity index is 979. The quantitative estimate of drug-likeness (QED) is 0.709. The molecular weight excluding hydrogens is 336 g/mol. The molecule has 1 heterocycles. The summed E-state index contributed by atoms with van der Waals surface area (Å²) < 4.78 is 29.0. The number of nitrogens with one attached hydrogen (secondary N) is 1. The van der Waals surface area contributed by atoms with Gasteiger partial charge in [-0.2, -0.15) is 5.10 Å². The van der Waals surface area contributed by atoms with Crippen molar-refractivity contribution in [3.8, 4) is 22.4 Å². The summed E-state index contributed by atoms with van der Waals surface area (Å²) in [5.41, 5.74) is 3.17. The highest BCUT2D eigenvalue weighted by Gasteiger charge is 2.13. The van der Waals surface area contributed by atoms with Crippen LogP contribution >= 0.6 is 0 Å². The molecule has 0 spiro atoms. The lowest BCUT2D eigenvalue weighted by Gasteiger charge is -2.12. The van der Waals surface area contributed by atoms with E-state index in [1.807, 2.05) is 6.07 Å². The Hall–Kier alpha value is -3.28. The Labute approximate surface area is 149 Å². The molecule has 4 nitrogen and oxygen atoms in total. The molecule has 1 N–H and O–H groups in total. The van der Waals surface area contributed by atoms with Crippen molar-refractivity contribution in [1.82, 2.24) is 15.1 Å². The number of benzene rings is 2. The predicted octanol–water partition coefficient (Wildman–Crippen LogP) is 3.83. The lowest BCUT2D eigenvalue weighted by atomic mass is 9.97. The summed E-state index contributed by atoms with van der Waals surface area (Å²) in [6, 6.07) is 10.6. The number of rotatable bonds is 5. The second-order valence-corrected chi connectivity index (χ2v) is 5.79. The van der Waals surface area contributed by atoms with Gasteiger partial charge in [0.1, 0.15) is 11.6 Å². The van der Waals surface area contributed by atoms with Crippen molar-refractivity contribution < 1.29 is 13.6 Å². The van der Waals surface area contributed by atoms with E-state index in [4.69, 9.17) is 0 Å². The number of hydrogen-bond donors (Lipinski definition) is 1. The van der Waals surface area contributed by atoms with E-state index in [2.05, 4.69) is 17.0 Å². The van der Waals surface area contributed by atoms with Gasteiger partial charge in [0.05, 0.1) is 5.69 Å². The third kappa shape index (κ3) is 3.69. The first-order chi connectivity index (χ1) is 12.5. The number of aryl methyl sites for hydroxylation is 1. The number of hydrogen-bond acceptors (Lipinski definition) is 2. The maximum Gasteiger partial charge on any atom is 0.243 e. The van der Waals surface area contributed by atoms with Crippen LogP contribution in [0.25, 0.3) is 22.4 Å². The second-order valence-electron chi connectivity index (χ2n) is 5.79. The van der Waals surface area contributed by atoms with Crippen LogP contribution in [0.3, 0.4) is 0 Å². The molecule has 0 bridgehead atoms. The van der Waals surface area contributed by atoms with Crippen molar-refractivity contribution in [2.75, 3.05) is 0 Å². The minimum Gasteiger partial charge on any atom is -0.348 e. The summed E-state index contributed by atoms with van der Waals surface area (Å²) in [5, 5.41) is 7.12. The van der Waals surface area contributed by atoms with Crippen molar-refractivity contribution in [3.63, 3.8) is 0 Å². The largest absolute Gasteiger partial charge is 0.348 e. The van der Waals surface area contributed by atoms with Gasteiger partial charge >= 0.3 is 0 Å².